The Morgan fingerprint density at radius 1 is 1.05 bits per heavy atom. The summed E-state index contributed by atoms with van der Waals surface area (Å²) in [5.74, 6) is 1.55. The van der Waals surface area contributed by atoms with E-state index in [0.29, 0.717) is 13.2 Å². The van der Waals surface area contributed by atoms with Crippen LogP contribution >= 0.6 is 0 Å². The van der Waals surface area contributed by atoms with Crippen LogP contribution in [-0.4, -0.2) is 25.2 Å². The van der Waals surface area contributed by atoms with Crippen molar-refractivity contribution in [3.8, 4) is 11.5 Å². The monoisotopic (exact) mass is 286 g/mol. The molecular weight excluding hydrogens is 264 g/mol. The molecule has 0 fully saturated rings. The molecule has 0 aliphatic carbocycles. The number of hydrogen-bond acceptors (Lipinski definition) is 4. The standard InChI is InChI=1S/C17H22N2O2/c1-4-20-15-10-9-13(12-16(15)21-5-2)17(18-3)14-8-6-7-11-19-14/h6-12,17-18H,4-5H2,1-3H3. The minimum atomic E-state index is 0.0288. The van der Waals surface area contributed by atoms with E-state index < -0.39 is 0 Å². The van der Waals surface area contributed by atoms with Crippen LogP contribution in [0.2, 0.25) is 0 Å². The molecule has 1 N–H and O–H groups in total. The van der Waals surface area contributed by atoms with Gasteiger partial charge in [-0.15, -0.1) is 0 Å². The highest BCUT2D eigenvalue weighted by Crippen LogP contribution is 2.32. The Hall–Kier alpha value is -2.07. The molecule has 0 amide bonds. The van der Waals surface area contributed by atoms with Crippen LogP contribution in [0, 0.1) is 0 Å². The Kier molecular flexibility index (Phi) is 5.58. The molecule has 1 aromatic carbocycles. The fourth-order valence-electron chi connectivity index (χ4n) is 2.28. The minimum absolute atomic E-state index is 0.0288. The summed E-state index contributed by atoms with van der Waals surface area (Å²) in [4.78, 5) is 4.43. The second-order valence-electron chi connectivity index (χ2n) is 4.55. The first-order valence-electron chi connectivity index (χ1n) is 7.27. The van der Waals surface area contributed by atoms with Crippen molar-refractivity contribution in [2.24, 2.45) is 0 Å². The highest BCUT2D eigenvalue weighted by atomic mass is 16.5. The van der Waals surface area contributed by atoms with E-state index in [9.17, 15) is 0 Å². The zero-order valence-corrected chi connectivity index (χ0v) is 12.8. The molecule has 0 saturated heterocycles. The highest BCUT2D eigenvalue weighted by Gasteiger charge is 2.15. The molecule has 0 aliphatic rings. The Morgan fingerprint density at radius 3 is 2.43 bits per heavy atom. The Morgan fingerprint density at radius 2 is 1.81 bits per heavy atom. The molecule has 1 aromatic heterocycles. The average molecular weight is 286 g/mol. The first kappa shape index (κ1) is 15.3. The molecule has 2 aromatic rings. The van der Waals surface area contributed by atoms with Gasteiger partial charge in [0, 0.05) is 6.20 Å². The second-order valence-corrected chi connectivity index (χ2v) is 4.55. The van der Waals surface area contributed by atoms with Crippen molar-refractivity contribution >= 4 is 0 Å². The fraction of sp³-hybridized carbons (Fsp3) is 0.353. The summed E-state index contributed by atoms with van der Waals surface area (Å²) in [7, 11) is 1.93. The summed E-state index contributed by atoms with van der Waals surface area (Å²) in [5, 5.41) is 3.30. The van der Waals surface area contributed by atoms with Crippen LogP contribution in [-0.2, 0) is 0 Å². The van der Waals surface area contributed by atoms with Gasteiger partial charge in [-0.25, -0.2) is 0 Å². The fourth-order valence-corrected chi connectivity index (χ4v) is 2.28. The van der Waals surface area contributed by atoms with Crippen LogP contribution < -0.4 is 14.8 Å². The van der Waals surface area contributed by atoms with E-state index in [2.05, 4.69) is 10.3 Å². The molecule has 1 atom stereocenters. The van der Waals surface area contributed by atoms with Crippen LogP contribution in [0.15, 0.2) is 42.6 Å². The lowest BCUT2D eigenvalue weighted by atomic mass is 10.0. The van der Waals surface area contributed by atoms with Gasteiger partial charge >= 0.3 is 0 Å². The van der Waals surface area contributed by atoms with Gasteiger partial charge < -0.3 is 14.8 Å². The van der Waals surface area contributed by atoms with Crippen LogP contribution in [0.4, 0.5) is 0 Å². The predicted octanol–water partition coefficient (Wildman–Crippen LogP) is 3.19. The van der Waals surface area contributed by atoms with E-state index in [1.54, 1.807) is 6.20 Å². The molecule has 0 aliphatic heterocycles. The molecule has 0 saturated carbocycles. The summed E-state index contributed by atoms with van der Waals surface area (Å²) in [5.41, 5.74) is 2.08. The van der Waals surface area contributed by atoms with Gasteiger partial charge in [-0.2, -0.15) is 0 Å². The lowest BCUT2D eigenvalue weighted by Gasteiger charge is -2.18. The number of benzene rings is 1. The molecule has 0 spiro atoms. The Balaban J connectivity index is 2.35. The minimum Gasteiger partial charge on any atom is -0.490 e. The van der Waals surface area contributed by atoms with Crippen molar-refractivity contribution < 1.29 is 9.47 Å². The molecule has 112 valence electrons. The molecule has 0 bridgehead atoms. The van der Waals surface area contributed by atoms with Gasteiger partial charge in [0.25, 0.3) is 0 Å². The smallest absolute Gasteiger partial charge is 0.161 e. The summed E-state index contributed by atoms with van der Waals surface area (Å²) in [6.07, 6.45) is 1.80. The highest BCUT2D eigenvalue weighted by molar-refractivity contribution is 5.45. The van der Waals surface area contributed by atoms with E-state index in [1.165, 1.54) is 0 Å². The van der Waals surface area contributed by atoms with E-state index in [-0.39, 0.29) is 6.04 Å². The molecule has 1 unspecified atom stereocenters. The normalized spacial score (nSPS) is 12.0. The largest absolute Gasteiger partial charge is 0.490 e. The lowest BCUT2D eigenvalue weighted by molar-refractivity contribution is 0.287. The molecule has 1 heterocycles. The summed E-state index contributed by atoms with van der Waals surface area (Å²) in [6.45, 7) is 5.16. The maximum absolute atomic E-state index is 5.69. The molecule has 4 nitrogen and oxygen atoms in total. The second kappa shape index (κ2) is 7.64. The molecule has 2 rings (SSSR count). The Labute approximate surface area is 126 Å². The van der Waals surface area contributed by atoms with Crippen molar-refractivity contribution in [3.05, 3.63) is 53.9 Å². The van der Waals surface area contributed by atoms with Crippen molar-refractivity contribution in [1.82, 2.24) is 10.3 Å². The number of hydrogen-bond donors (Lipinski definition) is 1. The third-order valence-corrected chi connectivity index (χ3v) is 3.17. The quantitative estimate of drug-likeness (QED) is 0.849. The van der Waals surface area contributed by atoms with Crippen LogP contribution in [0.25, 0.3) is 0 Å². The maximum atomic E-state index is 5.69. The number of aromatic nitrogens is 1. The van der Waals surface area contributed by atoms with Gasteiger partial charge in [-0.3, -0.25) is 4.98 Å². The zero-order valence-electron chi connectivity index (χ0n) is 12.8. The molecule has 4 heteroatoms. The van der Waals surface area contributed by atoms with Gasteiger partial charge in [0.2, 0.25) is 0 Å². The Bertz CT molecular complexity index is 558. The number of ether oxygens (including phenoxy) is 2. The third kappa shape index (κ3) is 3.73. The van der Waals surface area contributed by atoms with Gasteiger partial charge in [0.1, 0.15) is 0 Å². The molecular formula is C17H22N2O2. The molecule has 21 heavy (non-hydrogen) atoms. The van der Waals surface area contributed by atoms with Gasteiger partial charge in [-0.05, 0) is 50.7 Å². The molecule has 0 radical (unpaired) electrons. The predicted molar refractivity (Wildman–Crippen MR) is 83.9 cm³/mol. The topological polar surface area (TPSA) is 43.4 Å². The summed E-state index contributed by atoms with van der Waals surface area (Å²) < 4.78 is 11.3. The lowest BCUT2D eigenvalue weighted by Crippen LogP contribution is -2.18. The number of rotatable bonds is 7. The number of pyridine rings is 1. The number of nitrogens with zero attached hydrogens (tertiary/aromatic N) is 1. The first-order chi connectivity index (χ1) is 10.3. The van der Waals surface area contributed by atoms with Gasteiger partial charge in [0.15, 0.2) is 11.5 Å². The maximum Gasteiger partial charge on any atom is 0.161 e. The van der Waals surface area contributed by atoms with Crippen molar-refractivity contribution in [2.45, 2.75) is 19.9 Å². The summed E-state index contributed by atoms with van der Waals surface area (Å²) in [6, 6.07) is 12.0. The van der Waals surface area contributed by atoms with E-state index >= 15 is 0 Å². The average Bonchev–Trinajstić information content (AvgIpc) is 2.52. The zero-order chi connectivity index (χ0) is 15.1. The van der Waals surface area contributed by atoms with Crippen molar-refractivity contribution in [1.29, 1.82) is 0 Å². The van der Waals surface area contributed by atoms with E-state index in [0.717, 1.165) is 22.8 Å². The van der Waals surface area contributed by atoms with E-state index in [1.807, 2.05) is 57.3 Å². The van der Waals surface area contributed by atoms with E-state index in [4.69, 9.17) is 9.47 Å². The van der Waals surface area contributed by atoms with Crippen molar-refractivity contribution in [2.75, 3.05) is 20.3 Å². The number of nitrogens with one attached hydrogen (secondary N) is 1. The van der Waals surface area contributed by atoms with Gasteiger partial charge in [-0.1, -0.05) is 12.1 Å². The summed E-state index contributed by atoms with van der Waals surface area (Å²) >= 11 is 0. The van der Waals surface area contributed by atoms with Crippen LogP contribution in [0.5, 0.6) is 11.5 Å². The first-order valence-corrected chi connectivity index (χ1v) is 7.27. The van der Waals surface area contributed by atoms with Crippen LogP contribution in [0.3, 0.4) is 0 Å². The van der Waals surface area contributed by atoms with Crippen LogP contribution in [0.1, 0.15) is 31.1 Å². The van der Waals surface area contributed by atoms with Gasteiger partial charge in [0.05, 0.1) is 24.9 Å². The third-order valence-electron chi connectivity index (χ3n) is 3.17. The SMILES string of the molecule is CCOc1ccc(C(NC)c2ccccn2)cc1OCC. The van der Waals surface area contributed by atoms with Crippen molar-refractivity contribution in [3.63, 3.8) is 0 Å².